The molecule has 5 nitrogen and oxygen atoms in total. The van der Waals surface area contributed by atoms with Crippen LogP contribution in [0, 0.1) is 5.82 Å². The Balaban J connectivity index is 1.95. The highest BCUT2D eigenvalue weighted by molar-refractivity contribution is 6.11. The molecule has 0 fully saturated rings. The van der Waals surface area contributed by atoms with Gasteiger partial charge in [-0.25, -0.2) is 4.39 Å². The van der Waals surface area contributed by atoms with Gasteiger partial charge in [0.1, 0.15) is 5.82 Å². The van der Waals surface area contributed by atoms with E-state index >= 15 is 0 Å². The molecule has 3 N–H and O–H groups in total. The van der Waals surface area contributed by atoms with Crippen LogP contribution in [0.15, 0.2) is 42.5 Å². The number of nitrogens with one attached hydrogen (secondary N) is 1. The Morgan fingerprint density at radius 2 is 2.05 bits per heavy atom. The summed E-state index contributed by atoms with van der Waals surface area (Å²) in [5.41, 5.74) is 7.07. The number of nitrogens with two attached hydrogens (primary N) is 1. The van der Waals surface area contributed by atoms with E-state index in [2.05, 4.69) is 10.4 Å². The second kappa shape index (κ2) is 4.90. The molecule has 0 atom stereocenters. The number of anilines is 2. The number of aryl methyl sites for hydroxylation is 1. The summed E-state index contributed by atoms with van der Waals surface area (Å²) >= 11 is 0. The van der Waals surface area contributed by atoms with E-state index in [0.29, 0.717) is 11.4 Å². The second-order valence-electron chi connectivity index (χ2n) is 4.68. The van der Waals surface area contributed by atoms with Gasteiger partial charge < -0.3 is 11.1 Å². The largest absolute Gasteiger partial charge is 0.396 e. The SMILES string of the molecule is Cn1nc(C(=O)Nc2ccc(F)c(N)c2)c2ccccc21. The normalized spacial score (nSPS) is 10.8. The van der Waals surface area contributed by atoms with E-state index in [4.69, 9.17) is 5.73 Å². The standard InChI is InChI=1S/C15H13FN4O/c1-20-13-5-3-2-4-10(13)14(19-20)15(21)18-9-6-7-11(16)12(17)8-9/h2-8H,17H2,1H3,(H,18,21). The first kappa shape index (κ1) is 13.1. The number of rotatable bonds is 2. The molecule has 1 amide bonds. The number of fused-ring (bicyclic) bond motifs is 1. The Labute approximate surface area is 120 Å². The number of carbonyl (C=O) groups is 1. The quantitative estimate of drug-likeness (QED) is 0.710. The fourth-order valence-corrected chi connectivity index (χ4v) is 2.19. The molecule has 1 heterocycles. The van der Waals surface area contributed by atoms with Crippen LogP contribution in [-0.4, -0.2) is 15.7 Å². The van der Waals surface area contributed by atoms with Crippen LogP contribution in [0.3, 0.4) is 0 Å². The van der Waals surface area contributed by atoms with Crippen molar-refractivity contribution in [1.29, 1.82) is 0 Å². The smallest absolute Gasteiger partial charge is 0.276 e. The number of para-hydroxylation sites is 1. The topological polar surface area (TPSA) is 72.9 Å². The van der Waals surface area contributed by atoms with E-state index in [1.54, 1.807) is 11.7 Å². The van der Waals surface area contributed by atoms with E-state index in [-0.39, 0.29) is 11.6 Å². The molecule has 0 spiro atoms. The summed E-state index contributed by atoms with van der Waals surface area (Å²) in [6.07, 6.45) is 0. The molecule has 3 aromatic rings. The van der Waals surface area contributed by atoms with E-state index < -0.39 is 5.82 Å². The third-order valence-electron chi connectivity index (χ3n) is 3.23. The minimum absolute atomic E-state index is 0.0151. The number of aromatic nitrogens is 2. The van der Waals surface area contributed by atoms with Gasteiger partial charge in [0.2, 0.25) is 0 Å². The lowest BCUT2D eigenvalue weighted by molar-refractivity contribution is 0.102. The van der Waals surface area contributed by atoms with Crippen molar-refractivity contribution in [3.8, 4) is 0 Å². The Morgan fingerprint density at radius 3 is 2.81 bits per heavy atom. The molecular weight excluding hydrogens is 271 g/mol. The lowest BCUT2D eigenvalue weighted by atomic mass is 10.2. The number of nitrogens with zero attached hydrogens (tertiary/aromatic N) is 2. The lowest BCUT2D eigenvalue weighted by Crippen LogP contribution is -2.13. The van der Waals surface area contributed by atoms with Crippen molar-refractivity contribution in [2.24, 2.45) is 7.05 Å². The van der Waals surface area contributed by atoms with Crippen LogP contribution in [-0.2, 0) is 7.05 Å². The highest BCUT2D eigenvalue weighted by atomic mass is 19.1. The minimum atomic E-state index is -0.517. The van der Waals surface area contributed by atoms with Crippen LogP contribution < -0.4 is 11.1 Å². The van der Waals surface area contributed by atoms with Crippen LogP contribution in [0.25, 0.3) is 10.9 Å². The van der Waals surface area contributed by atoms with Crippen LogP contribution >= 0.6 is 0 Å². The third kappa shape index (κ3) is 2.31. The average Bonchev–Trinajstić information content (AvgIpc) is 2.81. The van der Waals surface area contributed by atoms with Gasteiger partial charge in [-0.15, -0.1) is 0 Å². The summed E-state index contributed by atoms with van der Waals surface area (Å²) in [6.45, 7) is 0. The maximum Gasteiger partial charge on any atom is 0.276 e. The van der Waals surface area contributed by atoms with Crippen molar-refractivity contribution >= 4 is 28.2 Å². The Bertz CT molecular complexity index is 841. The molecule has 21 heavy (non-hydrogen) atoms. The lowest BCUT2D eigenvalue weighted by Gasteiger charge is -2.05. The molecule has 0 aliphatic rings. The zero-order valence-electron chi connectivity index (χ0n) is 11.3. The van der Waals surface area contributed by atoms with E-state index in [1.165, 1.54) is 18.2 Å². The molecule has 3 rings (SSSR count). The Kier molecular flexibility index (Phi) is 3.06. The number of benzene rings is 2. The van der Waals surface area contributed by atoms with Crippen LogP contribution in [0.4, 0.5) is 15.8 Å². The van der Waals surface area contributed by atoms with Gasteiger partial charge >= 0.3 is 0 Å². The molecule has 0 aliphatic heterocycles. The molecule has 0 radical (unpaired) electrons. The predicted octanol–water partition coefficient (Wildman–Crippen LogP) is 2.55. The summed E-state index contributed by atoms with van der Waals surface area (Å²) in [7, 11) is 1.77. The van der Waals surface area contributed by atoms with Gasteiger partial charge in [-0.2, -0.15) is 5.10 Å². The summed E-state index contributed by atoms with van der Waals surface area (Å²) in [6, 6.07) is 11.5. The van der Waals surface area contributed by atoms with Gasteiger partial charge in [-0.05, 0) is 24.3 Å². The third-order valence-corrected chi connectivity index (χ3v) is 3.23. The first-order valence-corrected chi connectivity index (χ1v) is 6.34. The fraction of sp³-hybridized carbons (Fsp3) is 0.0667. The highest BCUT2D eigenvalue weighted by Gasteiger charge is 2.16. The van der Waals surface area contributed by atoms with Crippen LogP contribution in [0.5, 0.6) is 0 Å². The average molecular weight is 284 g/mol. The molecule has 6 heteroatoms. The van der Waals surface area contributed by atoms with E-state index in [9.17, 15) is 9.18 Å². The van der Waals surface area contributed by atoms with Crippen LogP contribution in [0.1, 0.15) is 10.5 Å². The molecule has 0 bridgehead atoms. The van der Waals surface area contributed by atoms with Crippen molar-refractivity contribution in [2.45, 2.75) is 0 Å². The fourth-order valence-electron chi connectivity index (χ4n) is 2.19. The predicted molar refractivity (Wildman–Crippen MR) is 79.5 cm³/mol. The molecule has 0 aliphatic carbocycles. The molecule has 106 valence electrons. The van der Waals surface area contributed by atoms with Crippen molar-refractivity contribution in [3.63, 3.8) is 0 Å². The van der Waals surface area contributed by atoms with Gasteiger partial charge in [0.05, 0.1) is 11.2 Å². The molecular formula is C15H13FN4O. The zero-order valence-corrected chi connectivity index (χ0v) is 11.3. The van der Waals surface area contributed by atoms with Gasteiger partial charge in [-0.1, -0.05) is 18.2 Å². The molecule has 0 saturated carbocycles. The van der Waals surface area contributed by atoms with E-state index in [0.717, 1.165) is 10.9 Å². The second-order valence-corrected chi connectivity index (χ2v) is 4.68. The van der Waals surface area contributed by atoms with Gasteiger partial charge in [0, 0.05) is 18.1 Å². The first-order valence-electron chi connectivity index (χ1n) is 6.34. The summed E-state index contributed by atoms with van der Waals surface area (Å²) in [5.74, 6) is -0.880. The number of hydrogen-bond donors (Lipinski definition) is 2. The number of carbonyl (C=O) groups excluding carboxylic acids is 1. The van der Waals surface area contributed by atoms with E-state index in [1.807, 2.05) is 24.3 Å². The first-order chi connectivity index (χ1) is 10.1. The van der Waals surface area contributed by atoms with Crippen molar-refractivity contribution in [2.75, 3.05) is 11.1 Å². The maximum atomic E-state index is 13.1. The number of nitrogen functional groups attached to an aromatic ring is 1. The van der Waals surface area contributed by atoms with Crippen molar-refractivity contribution in [1.82, 2.24) is 9.78 Å². The number of hydrogen-bond acceptors (Lipinski definition) is 3. The molecule has 2 aromatic carbocycles. The maximum absolute atomic E-state index is 13.1. The Hall–Kier alpha value is -2.89. The number of amides is 1. The summed E-state index contributed by atoms with van der Waals surface area (Å²) in [5, 5.41) is 7.65. The van der Waals surface area contributed by atoms with Gasteiger partial charge in [0.15, 0.2) is 5.69 Å². The zero-order chi connectivity index (χ0) is 15.0. The summed E-state index contributed by atoms with van der Waals surface area (Å²) in [4.78, 5) is 12.3. The van der Waals surface area contributed by atoms with Crippen molar-refractivity contribution < 1.29 is 9.18 Å². The summed E-state index contributed by atoms with van der Waals surface area (Å²) < 4.78 is 14.8. The van der Waals surface area contributed by atoms with Gasteiger partial charge in [0.25, 0.3) is 5.91 Å². The van der Waals surface area contributed by atoms with Crippen LogP contribution in [0.2, 0.25) is 0 Å². The monoisotopic (exact) mass is 284 g/mol. The highest BCUT2D eigenvalue weighted by Crippen LogP contribution is 2.20. The number of halogens is 1. The molecule has 1 aromatic heterocycles. The van der Waals surface area contributed by atoms with Gasteiger partial charge in [-0.3, -0.25) is 9.48 Å². The minimum Gasteiger partial charge on any atom is -0.396 e. The molecule has 0 saturated heterocycles. The Morgan fingerprint density at radius 1 is 1.29 bits per heavy atom. The van der Waals surface area contributed by atoms with Crippen molar-refractivity contribution in [3.05, 3.63) is 54.0 Å². The molecule has 0 unspecified atom stereocenters.